The van der Waals surface area contributed by atoms with E-state index in [1.165, 1.54) is 18.2 Å². The average Bonchev–Trinajstić information content (AvgIpc) is 2.92. The first-order chi connectivity index (χ1) is 10.0. The van der Waals surface area contributed by atoms with E-state index in [1.807, 2.05) is 17.7 Å². The lowest BCUT2D eigenvalue weighted by Gasteiger charge is -2.13. The van der Waals surface area contributed by atoms with Crippen LogP contribution in [0.15, 0.2) is 30.6 Å². The second-order valence-electron chi connectivity index (χ2n) is 4.57. The number of aromatic nitrogens is 2. The number of nitrogens with zero attached hydrogens (tertiary/aromatic N) is 3. The van der Waals surface area contributed by atoms with E-state index in [-0.39, 0.29) is 12.3 Å². The van der Waals surface area contributed by atoms with E-state index in [9.17, 15) is 15.2 Å². The van der Waals surface area contributed by atoms with Crippen molar-refractivity contribution in [3.05, 3.63) is 52.1 Å². The third-order valence-electron chi connectivity index (χ3n) is 3.15. The van der Waals surface area contributed by atoms with Crippen LogP contribution < -0.4 is 4.74 Å². The summed E-state index contributed by atoms with van der Waals surface area (Å²) in [6.07, 6.45) is 2.68. The second-order valence-corrected chi connectivity index (χ2v) is 4.57. The molecule has 1 atom stereocenters. The zero-order chi connectivity index (χ0) is 15.4. The number of hydrogen-bond donors (Lipinski definition) is 1. The largest absolute Gasteiger partial charge is 0.485 e. The van der Waals surface area contributed by atoms with Crippen molar-refractivity contribution in [1.82, 2.24) is 9.55 Å². The highest BCUT2D eigenvalue weighted by molar-refractivity contribution is 5.44. The molecular formula is C14H17N3O4. The van der Waals surface area contributed by atoms with E-state index < -0.39 is 11.0 Å². The van der Waals surface area contributed by atoms with Crippen LogP contribution in [0.5, 0.6) is 5.75 Å². The molecule has 0 spiro atoms. The van der Waals surface area contributed by atoms with Gasteiger partial charge in [-0.1, -0.05) is 0 Å². The van der Waals surface area contributed by atoms with E-state index in [2.05, 4.69) is 4.98 Å². The average molecular weight is 291 g/mol. The van der Waals surface area contributed by atoms with Crippen molar-refractivity contribution in [3.8, 4) is 5.75 Å². The first kappa shape index (κ1) is 15.0. The highest BCUT2D eigenvalue weighted by atomic mass is 16.6. The summed E-state index contributed by atoms with van der Waals surface area (Å²) in [6, 6.07) is 4.18. The number of hydrogen-bond acceptors (Lipinski definition) is 5. The van der Waals surface area contributed by atoms with Crippen molar-refractivity contribution in [2.75, 3.05) is 0 Å². The molecule has 0 amide bonds. The van der Waals surface area contributed by atoms with Gasteiger partial charge in [-0.2, -0.15) is 0 Å². The second kappa shape index (κ2) is 6.36. The number of rotatable bonds is 6. The fraction of sp³-hybridized carbons (Fsp3) is 0.357. The van der Waals surface area contributed by atoms with E-state index in [0.29, 0.717) is 11.3 Å². The SMILES string of the molecule is CCn1ccnc1COc1ccc([N+](=O)[O-])cc1[C@H](C)O. The molecule has 0 radical (unpaired) electrons. The van der Waals surface area contributed by atoms with E-state index in [4.69, 9.17) is 4.74 Å². The lowest BCUT2D eigenvalue weighted by molar-refractivity contribution is -0.385. The topological polar surface area (TPSA) is 90.4 Å². The van der Waals surface area contributed by atoms with Crippen LogP contribution in [0.1, 0.15) is 31.3 Å². The maximum atomic E-state index is 10.8. The molecule has 1 aromatic heterocycles. The van der Waals surface area contributed by atoms with Crippen LogP contribution in [0.25, 0.3) is 0 Å². The summed E-state index contributed by atoms with van der Waals surface area (Å²) in [5.74, 6) is 1.17. The van der Waals surface area contributed by atoms with Crippen molar-refractivity contribution >= 4 is 5.69 Å². The van der Waals surface area contributed by atoms with Gasteiger partial charge in [-0.25, -0.2) is 4.98 Å². The molecule has 112 valence electrons. The van der Waals surface area contributed by atoms with Crippen LogP contribution in [-0.4, -0.2) is 19.6 Å². The normalized spacial score (nSPS) is 12.1. The predicted octanol–water partition coefficient (Wildman–Crippen LogP) is 2.44. The summed E-state index contributed by atoms with van der Waals surface area (Å²) in [5.41, 5.74) is 0.312. The van der Waals surface area contributed by atoms with Crippen LogP contribution in [0, 0.1) is 10.1 Å². The van der Waals surface area contributed by atoms with E-state index in [1.54, 1.807) is 13.1 Å². The molecule has 0 saturated carbocycles. The molecule has 2 aromatic rings. The number of aliphatic hydroxyl groups is 1. The van der Waals surface area contributed by atoms with Crippen molar-refractivity contribution in [2.45, 2.75) is 33.1 Å². The van der Waals surface area contributed by atoms with Gasteiger partial charge in [-0.15, -0.1) is 0 Å². The first-order valence-electron chi connectivity index (χ1n) is 6.62. The maximum Gasteiger partial charge on any atom is 0.270 e. The Labute approximate surface area is 122 Å². The number of aryl methyl sites for hydroxylation is 1. The van der Waals surface area contributed by atoms with Crippen LogP contribution in [0.4, 0.5) is 5.69 Å². The zero-order valence-electron chi connectivity index (χ0n) is 11.9. The smallest absolute Gasteiger partial charge is 0.270 e. The summed E-state index contributed by atoms with van der Waals surface area (Å²) < 4.78 is 7.59. The van der Waals surface area contributed by atoms with Gasteiger partial charge in [-0.3, -0.25) is 10.1 Å². The quantitative estimate of drug-likeness (QED) is 0.652. The number of nitro benzene ring substituents is 1. The lowest BCUT2D eigenvalue weighted by atomic mass is 10.1. The van der Waals surface area contributed by atoms with Gasteiger partial charge in [0.25, 0.3) is 5.69 Å². The molecule has 0 saturated heterocycles. The molecule has 0 bridgehead atoms. The Morgan fingerprint density at radius 3 is 2.90 bits per heavy atom. The molecule has 21 heavy (non-hydrogen) atoms. The summed E-state index contributed by atoms with van der Waals surface area (Å²) >= 11 is 0. The minimum Gasteiger partial charge on any atom is -0.485 e. The molecule has 1 N–H and O–H groups in total. The Hall–Kier alpha value is -2.41. The molecule has 2 rings (SSSR count). The molecule has 1 aromatic carbocycles. The fourth-order valence-electron chi connectivity index (χ4n) is 2.02. The Balaban J connectivity index is 2.21. The number of benzene rings is 1. The number of nitro groups is 1. The van der Waals surface area contributed by atoms with Gasteiger partial charge in [0.2, 0.25) is 0 Å². The van der Waals surface area contributed by atoms with Crippen molar-refractivity contribution in [2.24, 2.45) is 0 Å². The molecule has 0 aliphatic carbocycles. The van der Waals surface area contributed by atoms with Gasteiger partial charge >= 0.3 is 0 Å². The minimum atomic E-state index is -0.856. The Kier molecular flexibility index (Phi) is 4.54. The molecule has 0 fully saturated rings. The molecule has 0 aliphatic rings. The third-order valence-corrected chi connectivity index (χ3v) is 3.15. The van der Waals surface area contributed by atoms with Gasteiger partial charge < -0.3 is 14.4 Å². The Morgan fingerprint density at radius 1 is 1.52 bits per heavy atom. The summed E-state index contributed by atoms with van der Waals surface area (Å²) in [5, 5.41) is 20.5. The van der Waals surface area contributed by atoms with Crippen LogP contribution >= 0.6 is 0 Å². The van der Waals surface area contributed by atoms with Crippen molar-refractivity contribution < 1.29 is 14.8 Å². The highest BCUT2D eigenvalue weighted by Crippen LogP contribution is 2.29. The van der Waals surface area contributed by atoms with E-state index in [0.717, 1.165) is 12.4 Å². The molecule has 0 aliphatic heterocycles. The number of imidazole rings is 1. The van der Waals surface area contributed by atoms with Gasteiger partial charge in [0.15, 0.2) is 0 Å². The summed E-state index contributed by atoms with van der Waals surface area (Å²) in [6.45, 7) is 4.55. The third kappa shape index (κ3) is 3.38. The predicted molar refractivity (Wildman–Crippen MR) is 76.0 cm³/mol. The maximum absolute atomic E-state index is 10.8. The van der Waals surface area contributed by atoms with Crippen molar-refractivity contribution in [3.63, 3.8) is 0 Å². The molecular weight excluding hydrogens is 274 g/mol. The molecule has 7 nitrogen and oxygen atoms in total. The fourth-order valence-corrected chi connectivity index (χ4v) is 2.02. The summed E-state index contributed by atoms with van der Waals surface area (Å²) in [7, 11) is 0. The van der Waals surface area contributed by atoms with Gasteiger partial charge in [0.1, 0.15) is 18.2 Å². The number of aliphatic hydroxyl groups excluding tert-OH is 1. The van der Waals surface area contributed by atoms with Crippen LogP contribution in [-0.2, 0) is 13.2 Å². The molecule has 0 unspecified atom stereocenters. The van der Waals surface area contributed by atoms with Crippen LogP contribution in [0.2, 0.25) is 0 Å². The minimum absolute atomic E-state index is 0.0756. The van der Waals surface area contributed by atoms with E-state index >= 15 is 0 Å². The Morgan fingerprint density at radius 2 is 2.29 bits per heavy atom. The standard InChI is InChI=1S/C14H17N3O4/c1-3-16-7-6-15-14(16)9-21-13-5-4-11(17(19)20)8-12(13)10(2)18/h4-8,10,18H,3,9H2,1-2H3/t10-/m0/s1. The van der Waals surface area contributed by atoms with Gasteiger partial charge in [0.05, 0.1) is 11.0 Å². The zero-order valence-corrected chi connectivity index (χ0v) is 11.9. The number of ether oxygens (including phenoxy) is 1. The van der Waals surface area contributed by atoms with Gasteiger partial charge in [0, 0.05) is 36.6 Å². The first-order valence-corrected chi connectivity index (χ1v) is 6.62. The lowest BCUT2D eigenvalue weighted by Crippen LogP contribution is -2.07. The summed E-state index contributed by atoms with van der Waals surface area (Å²) in [4.78, 5) is 14.5. The number of non-ortho nitro benzene ring substituents is 1. The monoisotopic (exact) mass is 291 g/mol. The van der Waals surface area contributed by atoms with Crippen molar-refractivity contribution in [1.29, 1.82) is 0 Å². The molecule has 1 heterocycles. The highest BCUT2D eigenvalue weighted by Gasteiger charge is 2.16. The Bertz CT molecular complexity index is 637. The molecule has 7 heteroatoms. The van der Waals surface area contributed by atoms with Gasteiger partial charge in [-0.05, 0) is 19.9 Å². The van der Waals surface area contributed by atoms with Crippen LogP contribution in [0.3, 0.4) is 0 Å².